The fraction of sp³-hybridized carbons (Fsp3) is 0.200. The molecule has 78 valence electrons. The highest BCUT2D eigenvalue weighted by molar-refractivity contribution is 7.99. The summed E-state index contributed by atoms with van der Waals surface area (Å²) >= 11 is 1.58. The van der Waals surface area contributed by atoms with E-state index in [-0.39, 0.29) is 0 Å². The van der Waals surface area contributed by atoms with Gasteiger partial charge in [0.1, 0.15) is 0 Å². The summed E-state index contributed by atoms with van der Waals surface area (Å²) in [7, 11) is 1.97. The molecule has 2 aromatic heterocycles. The predicted octanol–water partition coefficient (Wildman–Crippen LogP) is 1.42. The van der Waals surface area contributed by atoms with Crippen molar-refractivity contribution in [2.45, 2.75) is 16.6 Å². The zero-order valence-electron chi connectivity index (χ0n) is 8.42. The van der Waals surface area contributed by atoms with Crippen LogP contribution in [0.2, 0.25) is 0 Å². The van der Waals surface area contributed by atoms with Crippen LogP contribution >= 0.6 is 11.8 Å². The second-order valence-corrected chi connectivity index (χ2v) is 4.08. The van der Waals surface area contributed by atoms with Crippen molar-refractivity contribution in [1.82, 2.24) is 14.5 Å². The lowest BCUT2D eigenvalue weighted by atomic mass is 10.3. The van der Waals surface area contributed by atoms with E-state index in [1.54, 1.807) is 24.2 Å². The van der Waals surface area contributed by atoms with Gasteiger partial charge < -0.3 is 10.3 Å². The van der Waals surface area contributed by atoms with E-state index in [0.29, 0.717) is 6.54 Å². The maximum absolute atomic E-state index is 5.61. The number of aryl methyl sites for hydroxylation is 1. The Morgan fingerprint density at radius 1 is 1.40 bits per heavy atom. The molecule has 0 radical (unpaired) electrons. The van der Waals surface area contributed by atoms with Crippen LogP contribution in [0, 0.1) is 0 Å². The van der Waals surface area contributed by atoms with Gasteiger partial charge >= 0.3 is 0 Å². The van der Waals surface area contributed by atoms with Crippen molar-refractivity contribution in [3.05, 3.63) is 36.4 Å². The number of nitrogens with two attached hydrogens (primary N) is 1. The Labute approximate surface area is 92.5 Å². The summed E-state index contributed by atoms with van der Waals surface area (Å²) in [6, 6.07) is 3.92. The van der Waals surface area contributed by atoms with E-state index in [9.17, 15) is 0 Å². The van der Waals surface area contributed by atoms with Crippen LogP contribution in [-0.4, -0.2) is 14.5 Å². The summed E-state index contributed by atoms with van der Waals surface area (Å²) in [6.45, 7) is 0.452. The zero-order valence-corrected chi connectivity index (χ0v) is 9.24. The summed E-state index contributed by atoms with van der Waals surface area (Å²) in [6.07, 6.45) is 5.45. The van der Waals surface area contributed by atoms with Crippen LogP contribution in [0.3, 0.4) is 0 Å². The summed E-state index contributed by atoms with van der Waals surface area (Å²) in [5, 5.41) is 0.942. The lowest BCUT2D eigenvalue weighted by Crippen LogP contribution is -2.01. The maximum atomic E-state index is 5.61. The van der Waals surface area contributed by atoms with Gasteiger partial charge in [0.05, 0.1) is 5.69 Å². The molecule has 0 spiro atoms. The number of hydrogen-bond donors (Lipinski definition) is 1. The summed E-state index contributed by atoms with van der Waals surface area (Å²) in [4.78, 5) is 9.53. The average molecular weight is 220 g/mol. The van der Waals surface area contributed by atoms with E-state index in [1.165, 1.54) is 0 Å². The van der Waals surface area contributed by atoms with Gasteiger partial charge in [-0.1, -0.05) is 0 Å². The van der Waals surface area contributed by atoms with Crippen LogP contribution in [-0.2, 0) is 13.6 Å². The SMILES string of the molecule is Cn1ccnc1Sc1cccnc1CN. The molecule has 0 bridgehead atoms. The van der Waals surface area contributed by atoms with Gasteiger partial charge in [-0.2, -0.15) is 0 Å². The van der Waals surface area contributed by atoms with Gasteiger partial charge in [-0.25, -0.2) is 4.98 Å². The molecule has 2 aromatic rings. The van der Waals surface area contributed by atoms with Crippen LogP contribution in [0.15, 0.2) is 40.8 Å². The Balaban J connectivity index is 2.28. The van der Waals surface area contributed by atoms with Gasteiger partial charge in [0.2, 0.25) is 0 Å². The molecule has 0 saturated carbocycles. The summed E-state index contributed by atoms with van der Waals surface area (Å²) in [5.74, 6) is 0. The molecule has 2 heterocycles. The Hall–Kier alpha value is -1.33. The average Bonchev–Trinajstić information content (AvgIpc) is 2.65. The van der Waals surface area contributed by atoms with Crippen molar-refractivity contribution in [3.8, 4) is 0 Å². The molecule has 0 unspecified atom stereocenters. The normalized spacial score (nSPS) is 10.5. The monoisotopic (exact) mass is 220 g/mol. The number of pyridine rings is 1. The van der Waals surface area contributed by atoms with Crippen LogP contribution in [0.1, 0.15) is 5.69 Å². The molecule has 0 amide bonds. The number of imidazole rings is 1. The van der Waals surface area contributed by atoms with Crippen molar-refractivity contribution in [1.29, 1.82) is 0 Å². The molecule has 15 heavy (non-hydrogen) atoms. The van der Waals surface area contributed by atoms with Crippen molar-refractivity contribution >= 4 is 11.8 Å². The molecule has 5 heteroatoms. The van der Waals surface area contributed by atoms with Gasteiger partial charge in [0.25, 0.3) is 0 Å². The van der Waals surface area contributed by atoms with Crippen molar-refractivity contribution in [2.24, 2.45) is 12.8 Å². The molecular weight excluding hydrogens is 208 g/mol. The van der Waals surface area contributed by atoms with Gasteiger partial charge in [0, 0.05) is 37.1 Å². The summed E-state index contributed by atoms with van der Waals surface area (Å²) in [5.41, 5.74) is 6.52. The van der Waals surface area contributed by atoms with E-state index >= 15 is 0 Å². The van der Waals surface area contributed by atoms with Gasteiger partial charge in [0.15, 0.2) is 5.16 Å². The molecule has 2 rings (SSSR count). The third kappa shape index (κ3) is 2.19. The number of nitrogens with zero attached hydrogens (tertiary/aromatic N) is 3. The quantitative estimate of drug-likeness (QED) is 0.850. The molecule has 0 atom stereocenters. The molecule has 0 aliphatic carbocycles. The summed E-state index contributed by atoms with van der Waals surface area (Å²) < 4.78 is 1.97. The second kappa shape index (κ2) is 4.46. The van der Waals surface area contributed by atoms with Crippen molar-refractivity contribution in [3.63, 3.8) is 0 Å². The topological polar surface area (TPSA) is 56.7 Å². The number of aromatic nitrogens is 3. The maximum Gasteiger partial charge on any atom is 0.172 e. The molecule has 0 fully saturated rings. The van der Waals surface area contributed by atoms with Gasteiger partial charge in [-0.05, 0) is 23.9 Å². The second-order valence-electron chi connectivity index (χ2n) is 3.08. The number of hydrogen-bond acceptors (Lipinski definition) is 4. The largest absolute Gasteiger partial charge is 0.329 e. The lowest BCUT2D eigenvalue weighted by molar-refractivity contribution is 0.788. The molecule has 2 N–H and O–H groups in total. The molecule has 0 saturated heterocycles. The Morgan fingerprint density at radius 2 is 2.27 bits per heavy atom. The van der Waals surface area contributed by atoms with Crippen molar-refractivity contribution in [2.75, 3.05) is 0 Å². The predicted molar refractivity (Wildman–Crippen MR) is 59.5 cm³/mol. The standard InChI is InChI=1S/C10H12N4S/c1-14-6-5-13-10(14)15-9-3-2-4-12-8(9)7-11/h2-6H,7,11H2,1H3. The van der Waals surface area contributed by atoms with Crippen LogP contribution in [0.25, 0.3) is 0 Å². The van der Waals surface area contributed by atoms with Crippen LogP contribution < -0.4 is 5.73 Å². The lowest BCUT2D eigenvalue weighted by Gasteiger charge is -2.05. The highest BCUT2D eigenvalue weighted by Gasteiger charge is 2.06. The van der Waals surface area contributed by atoms with Crippen molar-refractivity contribution < 1.29 is 0 Å². The fourth-order valence-electron chi connectivity index (χ4n) is 1.22. The first kappa shape index (κ1) is 10.2. The third-order valence-corrected chi connectivity index (χ3v) is 3.19. The third-order valence-electron chi connectivity index (χ3n) is 2.02. The van der Waals surface area contributed by atoms with E-state index in [4.69, 9.17) is 5.73 Å². The minimum Gasteiger partial charge on any atom is -0.329 e. The highest BCUT2D eigenvalue weighted by atomic mass is 32.2. The van der Waals surface area contributed by atoms with E-state index in [2.05, 4.69) is 9.97 Å². The molecule has 0 aliphatic rings. The van der Waals surface area contributed by atoms with E-state index in [0.717, 1.165) is 15.7 Å². The molecule has 0 aromatic carbocycles. The van der Waals surface area contributed by atoms with Crippen LogP contribution in [0.4, 0.5) is 0 Å². The minimum atomic E-state index is 0.452. The van der Waals surface area contributed by atoms with Gasteiger partial charge in [-0.15, -0.1) is 0 Å². The molecule has 4 nitrogen and oxygen atoms in total. The van der Waals surface area contributed by atoms with E-state index < -0.39 is 0 Å². The van der Waals surface area contributed by atoms with E-state index in [1.807, 2.05) is 29.9 Å². The molecular formula is C10H12N4S. The first-order valence-corrected chi connectivity index (χ1v) is 5.42. The molecule has 0 aliphatic heterocycles. The first-order valence-electron chi connectivity index (χ1n) is 4.60. The fourth-order valence-corrected chi connectivity index (χ4v) is 2.13. The smallest absolute Gasteiger partial charge is 0.172 e. The Kier molecular flexibility index (Phi) is 3.03. The Bertz CT molecular complexity index is 452. The zero-order chi connectivity index (χ0) is 10.7. The minimum absolute atomic E-state index is 0.452. The number of rotatable bonds is 3. The van der Waals surface area contributed by atoms with Gasteiger partial charge in [-0.3, -0.25) is 4.98 Å². The first-order chi connectivity index (χ1) is 7.31. The van der Waals surface area contributed by atoms with Crippen LogP contribution in [0.5, 0.6) is 0 Å². The Morgan fingerprint density at radius 3 is 2.93 bits per heavy atom. The highest BCUT2D eigenvalue weighted by Crippen LogP contribution is 2.27.